The van der Waals surface area contributed by atoms with E-state index in [0.717, 1.165) is 30.8 Å². The maximum atomic E-state index is 12.3. The van der Waals surface area contributed by atoms with Gasteiger partial charge in [-0.25, -0.2) is 0 Å². The van der Waals surface area contributed by atoms with Gasteiger partial charge in [0.25, 0.3) is 5.91 Å². The minimum atomic E-state index is 0. The van der Waals surface area contributed by atoms with Gasteiger partial charge >= 0.3 is 0 Å². The van der Waals surface area contributed by atoms with Crippen LogP contribution in [0.2, 0.25) is 0 Å². The molecular weight excluding hydrogens is 236 g/mol. The summed E-state index contributed by atoms with van der Waals surface area (Å²) < 4.78 is 0. The molecule has 1 unspecified atom stereocenters. The predicted molar refractivity (Wildman–Crippen MR) is 71.8 cm³/mol. The van der Waals surface area contributed by atoms with Crippen molar-refractivity contribution >= 4 is 18.3 Å². The van der Waals surface area contributed by atoms with E-state index in [4.69, 9.17) is 0 Å². The van der Waals surface area contributed by atoms with Gasteiger partial charge < -0.3 is 10.2 Å². The van der Waals surface area contributed by atoms with Crippen molar-refractivity contribution in [1.82, 2.24) is 10.2 Å². The van der Waals surface area contributed by atoms with Gasteiger partial charge in [-0.1, -0.05) is 17.7 Å². The smallest absolute Gasteiger partial charge is 0.254 e. The van der Waals surface area contributed by atoms with Gasteiger partial charge in [0.2, 0.25) is 0 Å². The van der Waals surface area contributed by atoms with E-state index in [1.807, 2.05) is 36.1 Å². The van der Waals surface area contributed by atoms with Crippen LogP contribution in [0.4, 0.5) is 0 Å². The van der Waals surface area contributed by atoms with Crippen molar-refractivity contribution in [3.8, 4) is 0 Å². The van der Waals surface area contributed by atoms with E-state index in [1.165, 1.54) is 0 Å². The van der Waals surface area contributed by atoms with E-state index in [2.05, 4.69) is 12.2 Å². The number of nitrogens with zero attached hydrogens (tertiary/aromatic N) is 1. The standard InChI is InChI=1S/C13H18N2O.ClH/c1-10-4-3-5-12(8-10)13(16)15-7-6-14-9-11(15)2;/h3-5,8,11,14H,6-7,9H2,1-2H3;1H. The Morgan fingerprint density at radius 3 is 2.88 bits per heavy atom. The average molecular weight is 255 g/mol. The van der Waals surface area contributed by atoms with Crippen LogP contribution in [0.3, 0.4) is 0 Å². The first-order valence-electron chi connectivity index (χ1n) is 5.77. The van der Waals surface area contributed by atoms with Crippen molar-refractivity contribution in [3.05, 3.63) is 35.4 Å². The van der Waals surface area contributed by atoms with Gasteiger partial charge in [-0.05, 0) is 26.0 Å². The summed E-state index contributed by atoms with van der Waals surface area (Å²) >= 11 is 0. The van der Waals surface area contributed by atoms with Crippen molar-refractivity contribution in [3.63, 3.8) is 0 Å². The summed E-state index contributed by atoms with van der Waals surface area (Å²) in [5, 5.41) is 3.29. The number of benzene rings is 1. The van der Waals surface area contributed by atoms with E-state index in [-0.39, 0.29) is 24.4 Å². The van der Waals surface area contributed by atoms with Gasteiger partial charge in [0, 0.05) is 31.2 Å². The third-order valence-electron chi connectivity index (χ3n) is 3.03. The fourth-order valence-electron chi connectivity index (χ4n) is 2.09. The molecule has 1 saturated heterocycles. The quantitative estimate of drug-likeness (QED) is 0.830. The molecule has 17 heavy (non-hydrogen) atoms. The Bertz CT molecular complexity index is 395. The predicted octanol–water partition coefficient (Wildman–Crippen LogP) is 1.85. The molecule has 0 spiro atoms. The molecule has 1 aliphatic rings. The summed E-state index contributed by atoms with van der Waals surface area (Å²) in [7, 11) is 0. The van der Waals surface area contributed by atoms with Crippen LogP contribution >= 0.6 is 12.4 Å². The summed E-state index contributed by atoms with van der Waals surface area (Å²) in [6.45, 7) is 6.67. The van der Waals surface area contributed by atoms with Gasteiger partial charge in [0.15, 0.2) is 0 Å². The molecule has 0 aliphatic carbocycles. The van der Waals surface area contributed by atoms with Gasteiger partial charge in [0.1, 0.15) is 0 Å². The fraction of sp³-hybridized carbons (Fsp3) is 0.462. The zero-order valence-electron chi connectivity index (χ0n) is 10.3. The zero-order valence-corrected chi connectivity index (χ0v) is 11.1. The molecule has 1 aliphatic heterocycles. The van der Waals surface area contributed by atoms with E-state index < -0.39 is 0 Å². The third-order valence-corrected chi connectivity index (χ3v) is 3.03. The largest absolute Gasteiger partial charge is 0.333 e. The Balaban J connectivity index is 0.00000144. The second-order valence-corrected chi connectivity index (χ2v) is 4.42. The number of aryl methyl sites for hydroxylation is 1. The minimum Gasteiger partial charge on any atom is -0.333 e. The number of hydrogen-bond donors (Lipinski definition) is 1. The summed E-state index contributed by atoms with van der Waals surface area (Å²) in [5.74, 6) is 0.151. The maximum Gasteiger partial charge on any atom is 0.254 e. The van der Waals surface area contributed by atoms with Crippen LogP contribution in [0.25, 0.3) is 0 Å². The number of hydrogen-bond acceptors (Lipinski definition) is 2. The van der Waals surface area contributed by atoms with Crippen molar-refractivity contribution in [2.24, 2.45) is 0 Å². The van der Waals surface area contributed by atoms with Crippen molar-refractivity contribution in [1.29, 1.82) is 0 Å². The number of nitrogens with one attached hydrogen (secondary N) is 1. The van der Waals surface area contributed by atoms with Crippen LogP contribution in [-0.2, 0) is 0 Å². The molecule has 1 heterocycles. The molecule has 1 fully saturated rings. The number of rotatable bonds is 1. The number of carbonyl (C=O) groups excluding carboxylic acids is 1. The molecule has 1 atom stereocenters. The molecule has 0 aromatic heterocycles. The first-order valence-corrected chi connectivity index (χ1v) is 5.77. The van der Waals surface area contributed by atoms with Crippen LogP contribution in [-0.4, -0.2) is 36.5 Å². The zero-order chi connectivity index (χ0) is 11.5. The average Bonchev–Trinajstić information content (AvgIpc) is 2.29. The van der Waals surface area contributed by atoms with Crippen molar-refractivity contribution in [2.75, 3.05) is 19.6 Å². The maximum absolute atomic E-state index is 12.3. The molecule has 3 nitrogen and oxygen atoms in total. The highest BCUT2D eigenvalue weighted by atomic mass is 35.5. The lowest BCUT2D eigenvalue weighted by Gasteiger charge is -2.34. The van der Waals surface area contributed by atoms with Gasteiger partial charge in [0.05, 0.1) is 0 Å². The molecule has 4 heteroatoms. The SMILES string of the molecule is Cc1cccc(C(=O)N2CCNCC2C)c1.Cl. The summed E-state index contributed by atoms with van der Waals surface area (Å²) in [6, 6.07) is 8.08. The Labute approximate surface area is 109 Å². The van der Waals surface area contributed by atoms with Crippen LogP contribution in [0, 0.1) is 6.92 Å². The lowest BCUT2D eigenvalue weighted by atomic mass is 10.1. The van der Waals surface area contributed by atoms with E-state index in [0.29, 0.717) is 0 Å². The fourth-order valence-corrected chi connectivity index (χ4v) is 2.09. The lowest BCUT2D eigenvalue weighted by Crippen LogP contribution is -2.52. The lowest BCUT2D eigenvalue weighted by molar-refractivity contribution is 0.0655. The molecule has 1 aromatic carbocycles. The van der Waals surface area contributed by atoms with E-state index >= 15 is 0 Å². The number of piperazine rings is 1. The third kappa shape index (κ3) is 3.20. The molecule has 0 saturated carbocycles. The Hall–Kier alpha value is -1.06. The molecule has 1 amide bonds. The summed E-state index contributed by atoms with van der Waals surface area (Å²) in [6.07, 6.45) is 0. The highest BCUT2D eigenvalue weighted by Crippen LogP contribution is 2.11. The molecule has 94 valence electrons. The first kappa shape index (κ1) is 14.0. The highest BCUT2D eigenvalue weighted by molar-refractivity contribution is 5.94. The minimum absolute atomic E-state index is 0. The van der Waals surface area contributed by atoms with Crippen LogP contribution in [0.1, 0.15) is 22.8 Å². The highest BCUT2D eigenvalue weighted by Gasteiger charge is 2.23. The molecule has 0 radical (unpaired) electrons. The van der Waals surface area contributed by atoms with Crippen LogP contribution in [0.5, 0.6) is 0 Å². The van der Waals surface area contributed by atoms with Gasteiger partial charge in [-0.15, -0.1) is 12.4 Å². The molecule has 0 bridgehead atoms. The number of carbonyl (C=O) groups is 1. The Kier molecular flexibility index (Phi) is 4.97. The van der Waals surface area contributed by atoms with Crippen LogP contribution in [0.15, 0.2) is 24.3 Å². The Morgan fingerprint density at radius 1 is 1.47 bits per heavy atom. The van der Waals surface area contributed by atoms with Crippen molar-refractivity contribution in [2.45, 2.75) is 19.9 Å². The van der Waals surface area contributed by atoms with E-state index in [9.17, 15) is 4.79 Å². The van der Waals surface area contributed by atoms with Crippen LogP contribution < -0.4 is 5.32 Å². The second-order valence-electron chi connectivity index (χ2n) is 4.42. The molecular formula is C13H19ClN2O. The summed E-state index contributed by atoms with van der Waals surface area (Å²) in [5.41, 5.74) is 1.93. The molecule has 2 rings (SSSR count). The molecule has 1 aromatic rings. The summed E-state index contributed by atoms with van der Waals surface area (Å²) in [4.78, 5) is 14.2. The monoisotopic (exact) mass is 254 g/mol. The molecule has 1 N–H and O–H groups in total. The van der Waals surface area contributed by atoms with Gasteiger partial charge in [-0.2, -0.15) is 0 Å². The second kappa shape index (κ2) is 6.03. The number of halogens is 1. The van der Waals surface area contributed by atoms with E-state index in [1.54, 1.807) is 0 Å². The Morgan fingerprint density at radius 2 is 2.24 bits per heavy atom. The van der Waals surface area contributed by atoms with Crippen molar-refractivity contribution < 1.29 is 4.79 Å². The normalized spacial score (nSPS) is 19.6. The number of amides is 1. The first-order chi connectivity index (χ1) is 7.68. The topological polar surface area (TPSA) is 32.3 Å². The van der Waals surface area contributed by atoms with Gasteiger partial charge in [-0.3, -0.25) is 4.79 Å².